The van der Waals surface area contributed by atoms with Gasteiger partial charge in [-0.1, -0.05) is 13.8 Å². The van der Waals surface area contributed by atoms with Gasteiger partial charge in [-0.05, 0) is 19.8 Å². The third-order valence-electron chi connectivity index (χ3n) is 3.13. The Labute approximate surface area is 129 Å². The molecule has 0 aliphatic carbocycles. The molecule has 2 heterocycles. The fourth-order valence-corrected chi connectivity index (χ4v) is 3.19. The summed E-state index contributed by atoms with van der Waals surface area (Å²) in [5.41, 5.74) is 0.574. The number of ether oxygens (including phenoxy) is 1. The number of esters is 1. The standard InChI is InChI=1S/C15H21N3O2S/c1-4-7-18(8-5-2)13-12-11(15(19)20-6-3)9-21-14(12)17-10-16-13/h9-10H,4-8H2,1-3H3. The van der Waals surface area contributed by atoms with Gasteiger partial charge < -0.3 is 9.64 Å². The number of hydrogen-bond acceptors (Lipinski definition) is 6. The number of rotatable bonds is 7. The van der Waals surface area contributed by atoms with Crippen molar-refractivity contribution in [3.63, 3.8) is 0 Å². The van der Waals surface area contributed by atoms with Crippen molar-refractivity contribution in [2.75, 3.05) is 24.6 Å². The van der Waals surface area contributed by atoms with E-state index >= 15 is 0 Å². The van der Waals surface area contributed by atoms with Crippen LogP contribution in [0.5, 0.6) is 0 Å². The van der Waals surface area contributed by atoms with E-state index in [1.807, 2.05) is 12.3 Å². The zero-order chi connectivity index (χ0) is 15.2. The molecule has 6 heteroatoms. The Morgan fingerprint density at radius 2 is 1.95 bits per heavy atom. The molecule has 0 spiro atoms. The molecule has 2 rings (SSSR count). The first kappa shape index (κ1) is 15.7. The molecule has 0 aliphatic heterocycles. The topological polar surface area (TPSA) is 55.3 Å². The summed E-state index contributed by atoms with van der Waals surface area (Å²) < 4.78 is 5.14. The van der Waals surface area contributed by atoms with Crippen LogP contribution < -0.4 is 4.90 Å². The van der Waals surface area contributed by atoms with Crippen LogP contribution in [-0.4, -0.2) is 35.6 Å². The first-order chi connectivity index (χ1) is 10.2. The van der Waals surface area contributed by atoms with Crippen LogP contribution in [0.1, 0.15) is 44.0 Å². The molecular weight excluding hydrogens is 286 g/mol. The van der Waals surface area contributed by atoms with E-state index in [0.717, 1.165) is 42.0 Å². The molecule has 0 saturated carbocycles. The van der Waals surface area contributed by atoms with E-state index in [1.165, 1.54) is 11.3 Å². The Kier molecular flexibility index (Phi) is 5.50. The molecule has 2 aromatic rings. The number of nitrogens with zero attached hydrogens (tertiary/aromatic N) is 3. The summed E-state index contributed by atoms with van der Waals surface area (Å²) in [6, 6.07) is 0. The van der Waals surface area contributed by atoms with E-state index in [-0.39, 0.29) is 5.97 Å². The fraction of sp³-hybridized carbons (Fsp3) is 0.533. The molecular formula is C15H21N3O2S. The van der Waals surface area contributed by atoms with Crippen molar-refractivity contribution in [3.05, 3.63) is 17.3 Å². The zero-order valence-electron chi connectivity index (χ0n) is 12.8. The van der Waals surface area contributed by atoms with Crippen molar-refractivity contribution in [2.45, 2.75) is 33.6 Å². The van der Waals surface area contributed by atoms with Crippen LogP contribution in [0.4, 0.5) is 5.82 Å². The van der Waals surface area contributed by atoms with Gasteiger partial charge in [0.05, 0.1) is 17.6 Å². The van der Waals surface area contributed by atoms with Gasteiger partial charge >= 0.3 is 5.97 Å². The van der Waals surface area contributed by atoms with Gasteiger partial charge in [0.1, 0.15) is 17.0 Å². The quantitative estimate of drug-likeness (QED) is 0.733. The van der Waals surface area contributed by atoms with E-state index in [9.17, 15) is 4.79 Å². The summed E-state index contributed by atoms with van der Waals surface area (Å²) >= 11 is 1.46. The minimum absolute atomic E-state index is 0.298. The van der Waals surface area contributed by atoms with E-state index in [0.29, 0.717) is 12.2 Å². The van der Waals surface area contributed by atoms with Crippen LogP contribution in [0.2, 0.25) is 0 Å². The van der Waals surface area contributed by atoms with Crippen molar-refractivity contribution in [3.8, 4) is 0 Å². The summed E-state index contributed by atoms with van der Waals surface area (Å²) in [6.45, 7) is 8.29. The molecule has 2 aromatic heterocycles. The van der Waals surface area contributed by atoms with Crippen molar-refractivity contribution in [1.29, 1.82) is 0 Å². The van der Waals surface area contributed by atoms with Crippen LogP contribution in [0.25, 0.3) is 10.2 Å². The Morgan fingerprint density at radius 1 is 1.24 bits per heavy atom. The maximum atomic E-state index is 12.1. The second-order valence-electron chi connectivity index (χ2n) is 4.73. The number of carbonyl (C=O) groups excluding carboxylic acids is 1. The minimum atomic E-state index is -0.298. The summed E-state index contributed by atoms with van der Waals surface area (Å²) in [5.74, 6) is 0.542. The molecule has 0 N–H and O–H groups in total. The molecule has 0 bridgehead atoms. The van der Waals surface area contributed by atoms with Gasteiger partial charge in [0.2, 0.25) is 0 Å². The van der Waals surface area contributed by atoms with Crippen LogP contribution in [0.15, 0.2) is 11.7 Å². The highest BCUT2D eigenvalue weighted by atomic mass is 32.1. The number of hydrogen-bond donors (Lipinski definition) is 0. The third-order valence-corrected chi connectivity index (χ3v) is 4.02. The van der Waals surface area contributed by atoms with Gasteiger partial charge in [-0.3, -0.25) is 0 Å². The van der Waals surface area contributed by atoms with Crippen LogP contribution >= 0.6 is 11.3 Å². The Balaban J connectivity index is 2.51. The number of thiophene rings is 1. The molecule has 0 amide bonds. The third kappa shape index (κ3) is 3.32. The van der Waals surface area contributed by atoms with Gasteiger partial charge in [-0.15, -0.1) is 11.3 Å². The lowest BCUT2D eigenvalue weighted by atomic mass is 10.2. The van der Waals surface area contributed by atoms with Gasteiger partial charge in [-0.2, -0.15) is 0 Å². The number of anilines is 1. The van der Waals surface area contributed by atoms with Crippen molar-refractivity contribution < 1.29 is 9.53 Å². The molecule has 21 heavy (non-hydrogen) atoms. The molecule has 0 radical (unpaired) electrons. The first-order valence-corrected chi connectivity index (χ1v) is 8.25. The molecule has 0 aliphatic rings. The van der Waals surface area contributed by atoms with E-state index in [2.05, 4.69) is 28.7 Å². The van der Waals surface area contributed by atoms with Crippen LogP contribution in [0.3, 0.4) is 0 Å². The Morgan fingerprint density at radius 3 is 2.57 bits per heavy atom. The zero-order valence-corrected chi connectivity index (χ0v) is 13.6. The number of fused-ring (bicyclic) bond motifs is 1. The second-order valence-corrected chi connectivity index (χ2v) is 5.59. The van der Waals surface area contributed by atoms with Gasteiger partial charge in [0.15, 0.2) is 0 Å². The summed E-state index contributed by atoms with van der Waals surface area (Å²) in [6.07, 6.45) is 3.64. The number of carbonyl (C=O) groups is 1. The lowest BCUT2D eigenvalue weighted by Crippen LogP contribution is -2.26. The lowest BCUT2D eigenvalue weighted by molar-refractivity contribution is 0.0529. The van der Waals surface area contributed by atoms with E-state index < -0.39 is 0 Å². The molecule has 5 nitrogen and oxygen atoms in total. The average Bonchev–Trinajstić information content (AvgIpc) is 2.91. The largest absolute Gasteiger partial charge is 0.462 e. The van der Waals surface area contributed by atoms with Crippen molar-refractivity contribution in [1.82, 2.24) is 9.97 Å². The highest BCUT2D eigenvalue weighted by Gasteiger charge is 2.20. The van der Waals surface area contributed by atoms with Gasteiger partial charge in [0.25, 0.3) is 0 Å². The maximum absolute atomic E-state index is 12.1. The first-order valence-electron chi connectivity index (χ1n) is 7.37. The summed E-state index contributed by atoms with van der Waals surface area (Å²) in [5, 5.41) is 2.64. The van der Waals surface area contributed by atoms with Crippen LogP contribution in [0, 0.1) is 0 Å². The average molecular weight is 307 g/mol. The number of aromatic nitrogens is 2. The normalized spacial score (nSPS) is 10.8. The smallest absolute Gasteiger partial charge is 0.339 e. The SMILES string of the molecule is CCCN(CCC)c1ncnc2scc(C(=O)OCC)c12. The highest BCUT2D eigenvalue weighted by Crippen LogP contribution is 2.32. The fourth-order valence-electron chi connectivity index (χ4n) is 2.32. The molecule has 0 saturated heterocycles. The predicted molar refractivity (Wildman–Crippen MR) is 86.2 cm³/mol. The maximum Gasteiger partial charge on any atom is 0.339 e. The van der Waals surface area contributed by atoms with Gasteiger partial charge in [-0.25, -0.2) is 14.8 Å². The Bertz CT molecular complexity index is 606. The lowest BCUT2D eigenvalue weighted by Gasteiger charge is -2.23. The Hall–Kier alpha value is -1.69. The highest BCUT2D eigenvalue weighted by molar-refractivity contribution is 7.17. The van der Waals surface area contributed by atoms with E-state index in [4.69, 9.17) is 4.74 Å². The second kappa shape index (κ2) is 7.36. The molecule has 114 valence electrons. The molecule has 0 unspecified atom stereocenters. The van der Waals surface area contributed by atoms with Crippen molar-refractivity contribution >= 4 is 33.3 Å². The van der Waals surface area contributed by atoms with E-state index in [1.54, 1.807) is 6.33 Å². The summed E-state index contributed by atoms with van der Waals surface area (Å²) in [7, 11) is 0. The molecule has 0 aromatic carbocycles. The van der Waals surface area contributed by atoms with Gasteiger partial charge in [0, 0.05) is 18.5 Å². The van der Waals surface area contributed by atoms with Crippen LogP contribution in [-0.2, 0) is 4.74 Å². The monoisotopic (exact) mass is 307 g/mol. The minimum Gasteiger partial charge on any atom is -0.462 e. The van der Waals surface area contributed by atoms with Crippen molar-refractivity contribution in [2.24, 2.45) is 0 Å². The summed E-state index contributed by atoms with van der Waals surface area (Å²) in [4.78, 5) is 23.9. The predicted octanol–water partition coefficient (Wildman–Crippen LogP) is 3.49. The molecule has 0 atom stereocenters. The molecule has 0 fully saturated rings.